The van der Waals surface area contributed by atoms with Crippen LogP contribution >= 0.6 is 0 Å². The number of nitrogens with one attached hydrogen (secondary N) is 1. The highest BCUT2D eigenvalue weighted by Gasteiger charge is 2.41. The molecule has 1 fully saturated rings. The molecule has 7 nitrogen and oxygen atoms in total. The molecule has 7 heteroatoms. The summed E-state index contributed by atoms with van der Waals surface area (Å²) < 4.78 is 5.14. The molecule has 0 aromatic carbocycles. The number of carbonyl (C=O) groups is 3. The van der Waals surface area contributed by atoms with E-state index in [9.17, 15) is 19.5 Å². The number of aliphatic hydroxyl groups is 1. The van der Waals surface area contributed by atoms with Crippen LogP contribution in [0.15, 0.2) is 12.2 Å². The van der Waals surface area contributed by atoms with E-state index in [4.69, 9.17) is 9.84 Å². The Morgan fingerprint density at radius 3 is 2.76 bits per heavy atom. The van der Waals surface area contributed by atoms with E-state index in [2.05, 4.69) is 5.32 Å². The molecular formula is C18H29NO6. The molecule has 1 rings (SSSR count). The van der Waals surface area contributed by atoms with Crippen molar-refractivity contribution in [3.8, 4) is 0 Å². The number of carboxylic acid groups (broad SMARTS) is 1. The van der Waals surface area contributed by atoms with Crippen LogP contribution < -0.4 is 5.32 Å². The molecule has 3 atom stereocenters. The standard InChI is InChI=1S/C18H29NO6/c1-2-3-10-19-18(24)25-12-14-13(15(20)11-16(14)21)8-6-4-5-7-9-17(22)23/h4,6,13-14,16,21H,2-3,5,7-12H2,1H3,(H,19,24)(H,22,23)/t13-,14-,16-/m1/s1. The summed E-state index contributed by atoms with van der Waals surface area (Å²) >= 11 is 0. The van der Waals surface area contributed by atoms with Gasteiger partial charge in [0, 0.05) is 31.2 Å². The van der Waals surface area contributed by atoms with Gasteiger partial charge in [-0.05, 0) is 25.7 Å². The molecule has 1 saturated carbocycles. The van der Waals surface area contributed by atoms with Crippen molar-refractivity contribution in [1.82, 2.24) is 5.32 Å². The van der Waals surface area contributed by atoms with Gasteiger partial charge in [-0.2, -0.15) is 0 Å². The van der Waals surface area contributed by atoms with Crippen molar-refractivity contribution in [2.75, 3.05) is 13.2 Å². The number of ether oxygens (including phenoxy) is 1. The van der Waals surface area contributed by atoms with Gasteiger partial charge in [-0.15, -0.1) is 0 Å². The largest absolute Gasteiger partial charge is 0.481 e. The summed E-state index contributed by atoms with van der Waals surface area (Å²) in [4.78, 5) is 34.1. The minimum atomic E-state index is -0.822. The van der Waals surface area contributed by atoms with Crippen molar-refractivity contribution >= 4 is 17.8 Å². The zero-order valence-corrected chi connectivity index (χ0v) is 14.8. The summed E-state index contributed by atoms with van der Waals surface area (Å²) in [6, 6.07) is 0. The number of rotatable bonds is 11. The summed E-state index contributed by atoms with van der Waals surface area (Å²) in [7, 11) is 0. The summed E-state index contributed by atoms with van der Waals surface area (Å²) in [5.41, 5.74) is 0. The number of allylic oxidation sites excluding steroid dienone is 2. The number of unbranched alkanes of at least 4 members (excludes halogenated alkanes) is 2. The number of carboxylic acids is 1. The van der Waals surface area contributed by atoms with Crippen molar-refractivity contribution in [3.63, 3.8) is 0 Å². The fraction of sp³-hybridized carbons (Fsp3) is 0.722. The highest BCUT2D eigenvalue weighted by Crippen LogP contribution is 2.32. The second kappa shape index (κ2) is 11.6. The molecule has 0 unspecified atom stereocenters. The molecule has 0 aromatic heterocycles. The third-order valence-electron chi connectivity index (χ3n) is 4.36. The highest BCUT2D eigenvalue weighted by molar-refractivity contribution is 5.84. The van der Waals surface area contributed by atoms with Crippen LogP contribution in [0.5, 0.6) is 0 Å². The average molecular weight is 355 g/mol. The van der Waals surface area contributed by atoms with E-state index in [1.54, 1.807) is 0 Å². The number of ketones is 1. The van der Waals surface area contributed by atoms with Gasteiger partial charge in [-0.1, -0.05) is 25.5 Å². The second-order valence-corrected chi connectivity index (χ2v) is 6.38. The SMILES string of the molecule is CCCCNC(=O)OC[C@H]1[C@H](O)CC(=O)[C@@H]1CC=CCCCC(=O)O. The Bertz CT molecular complexity index is 476. The van der Waals surface area contributed by atoms with Crippen LogP contribution in [0.4, 0.5) is 4.79 Å². The molecule has 142 valence electrons. The molecule has 1 aliphatic carbocycles. The van der Waals surface area contributed by atoms with Gasteiger partial charge in [0.2, 0.25) is 0 Å². The summed E-state index contributed by atoms with van der Waals surface area (Å²) in [5, 5.41) is 21.2. The first kappa shape index (κ1) is 21.2. The van der Waals surface area contributed by atoms with Crippen LogP contribution in [0, 0.1) is 11.8 Å². The number of hydrogen-bond acceptors (Lipinski definition) is 5. The number of hydrogen-bond donors (Lipinski definition) is 3. The molecule has 1 aliphatic rings. The molecule has 0 spiro atoms. The predicted molar refractivity (Wildman–Crippen MR) is 92.1 cm³/mol. The maximum absolute atomic E-state index is 12.0. The second-order valence-electron chi connectivity index (χ2n) is 6.38. The maximum Gasteiger partial charge on any atom is 0.407 e. The Morgan fingerprint density at radius 1 is 1.32 bits per heavy atom. The van der Waals surface area contributed by atoms with Gasteiger partial charge >= 0.3 is 12.1 Å². The van der Waals surface area contributed by atoms with Crippen molar-refractivity contribution in [3.05, 3.63) is 12.2 Å². The lowest BCUT2D eigenvalue weighted by atomic mass is 9.91. The van der Waals surface area contributed by atoms with Gasteiger partial charge in [-0.25, -0.2) is 4.79 Å². The van der Waals surface area contributed by atoms with Gasteiger partial charge < -0.3 is 20.3 Å². The Labute approximate surface area is 148 Å². The van der Waals surface area contributed by atoms with E-state index in [1.807, 2.05) is 19.1 Å². The molecular weight excluding hydrogens is 326 g/mol. The monoisotopic (exact) mass is 355 g/mol. The molecule has 0 radical (unpaired) electrons. The lowest BCUT2D eigenvalue weighted by Gasteiger charge is -2.19. The Hall–Kier alpha value is -1.89. The van der Waals surface area contributed by atoms with Gasteiger partial charge in [0.15, 0.2) is 0 Å². The molecule has 0 heterocycles. The van der Waals surface area contributed by atoms with Crippen LogP contribution in [-0.2, 0) is 14.3 Å². The van der Waals surface area contributed by atoms with E-state index < -0.39 is 24.1 Å². The number of amides is 1. The predicted octanol–water partition coefficient (Wildman–Crippen LogP) is 2.28. The smallest absolute Gasteiger partial charge is 0.407 e. The number of Topliss-reactive ketones (excluding diaryl/α,β-unsaturated/α-hetero) is 1. The average Bonchev–Trinajstić information content (AvgIpc) is 2.82. The van der Waals surface area contributed by atoms with E-state index in [-0.39, 0.29) is 31.1 Å². The lowest BCUT2D eigenvalue weighted by Crippen LogP contribution is -2.31. The van der Waals surface area contributed by atoms with Crippen LogP contribution in [-0.4, -0.2) is 47.3 Å². The van der Waals surface area contributed by atoms with Crippen molar-refractivity contribution in [1.29, 1.82) is 0 Å². The fourth-order valence-electron chi connectivity index (χ4n) is 2.87. The Balaban J connectivity index is 2.39. The van der Waals surface area contributed by atoms with Gasteiger partial charge in [-0.3, -0.25) is 9.59 Å². The zero-order valence-electron chi connectivity index (χ0n) is 14.8. The fourth-order valence-corrected chi connectivity index (χ4v) is 2.87. The van der Waals surface area contributed by atoms with E-state index >= 15 is 0 Å². The summed E-state index contributed by atoms with van der Waals surface area (Å²) in [5.74, 6) is -1.61. The van der Waals surface area contributed by atoms with E-state index in [1.165, 1.54) is 0 Å². The first-order chi connectivity index (χ1) is 12.0. The molecule has 3 N–H and O–H groups in total. The molecule has 0 bridgehead atoms. The minimum absolute atomic E-state index is 0.0163. The normalized spacial score (nSPS) is 23.1. The lowest BCUT2D eigenvalue weighted by molar-refractivity contribution is -0.137. The van der Waals surface area contributed by atoms with Crippen molar-refractivity contribution < 1.29 is 29.3 Å². The topological polar surface area (TPSA) is 113 Å². The zero-order chi connectivity index (χ0) is 18.7. The third kappa shape index (κ3) is 8.16. The highest BCUT2D eigenvalue weighted by atomic mass is 16.5. The third-order valence-corrected chi connectivity index (χ3v) is 4.36. The van der Waals surface area contributed by atoms with E-state index in [0.717, 1.165) is 12.8 Å². The first-order valence-corrected chi connectivity index (χ1v) is 8.93. The van der Waals surface area contributed by atoms with Gasteiger partial charge in [0.05, 0.1) is 12.7 Å². The van der Waals surface area contributed by atoms with Gasteiger partial charge in [0.25, 0.3) is 0 Å². The van der Waals surface area contributed by atoms with Crippen molar-refractivity contribution in [2.45, 2.75) is 58.0 Å². The number of carbonyl (C=O) groups excluding carboxylic acids is 2. The summed E-state index contributed by atoms with van der Waals surface area (Å²) in [6.45, 7) is 2.58. The molecule has 0 saturated heterocycles. The summed E-state index contributed by atoms with van der Waals surface area (Å²) in [6.07, 6.45) is 6.09. The minimum Gasteiger partial charge on any atom is -0.481 e. The molecule has 1 amide bonds. The van der Waals surface area contributed by atoms with E-state index in [0.29, 0.717) is 25.8 Å². The molecule has 0 aromatic rings. The van der Waals surface area contributed by atoms with Crippen LogP contribution in [0.3, 0.4) is 0 Å². The molecule has 25 heavy (non-hydrogen) atoms. The van der Waals surface area contributed by atoms with Gasteiger partial charge in [0.1, 0.15) is 5.78 Å². The number of aliphatic hydroxyl groups excluding tert-OH is 1. The molecule has 0 aliphatic heterocycles. The number of alkyl carbamates (subject to hydrolysis) is 1. The first-order valence-electron chi connectivity index (χ1n) is 8.93. The Morgan fingerprint density at radius 2 is 2.08 bits per heavy atom. The van der Waals surface area contributed by atoms with Crippen LogP contribution in [0.25, 0.3) is 0 Å². The van der Waals surface area contributed by atoms with Crippen LogP contribution in [0.1, 0.15) is 51.9 Å². The van der Waals surface area contributed by atoms with Crippen LogP contribution in [0.2, 0.25) is 0 Å². The quantitative estimate of drug-likeness (QED) is 0.387. The number of aliphatic carboxylic acids is 1. The van der Waals surface area contributed by atoms with Crippen molar-refractivity contribution in [2.24, 2.45) is 11.8 Å². The maximum atomic E-state index is 12.0. The Kier molecular flexibility index (Phi) is 9.84.